The van der Waals surface area contributed by atoms with E-state index in [1.165, 1.54) is 0 Å². The van der Waals surface area contributed by atoms with Gasteiger partial charge in [0, 0.05) is 31.2 Å². The summed E-state index contributed by atoms with van der Waals surface area (Å²) in [5.41, 5.74) is 3.68. The second kappa shape index (κ2) is 6.83. The molecule has 2 aromatic carbocycles. The van der Waals surface area contributed by atoms with Gasteiger partial charge in [-0.15, -0.1) is 0 Å². The number of carbonyl (C=O) groups excluding carboxylic acids is 2. The summed E-state index contributed by atoms with van der Waals surface area (Å²) in [6, 6.07) is 13.4. The number of benzene rings is 2. The summed E-state index contributed by atoms with van der Waals surface area (Å²) >= 11 is 0. The fourth-order valence-corrected chi connectivity index (χ4v) is 2.97. The summed E-state index contributed by atoms with van der Waals surface area (Å²) in [6.07, 6.45) is 1.15. The maximum absolute atomic E-state index is 12.7. The van der Waals surface area contributed by atoms with Gasteiger partial charge in [0.25, 0.3) is 0 Å². The molecule has 136 valence electrons. The Bertz CT molecular complexity index is 837. The minimum atomic E-state index is -0.961. The first-order valence-electron chi connectivity index (χ1n) is 8.79. The number of aryl methyl sites for hydroxylation is 2. The van der Waals surface area contributed by atoms with Crippen LogP contribution >= 0.6 is 0 Å². The highest BCUT2D eigenvalue weighted by Crippen LogP contribution is 2.47. The number of hydrogen-bond acceptors (Lipinski definition) is 3. The van der Waals surface area contributed by atoms with Gasteiger partial charge in [-0.1, -0.05) is 17.7 Å². The molecule has 5 nitrogen and oxygen atoms in total. The van der Waals surface area contributed by atoms with Gasteiger partial charge in [0.2, 0.25) is 11.8 Å². The summed E-state index contributed by atoms with van der Waals surface area (Å²) in [5.74, 6) is -0.468. The number of amides is 2. The quantitative estimate of drug-likeness (QED) is 0.807. The maximum atomic E-state index is 12.7. The maximum Gasteiger partial charge on any atom is 0.240 e. The summed E-state index contributed by atoms with van der Waals surface area (Å²) in [6.45, 7) is 3.96. The molecule has 1 fully saturated rings. The molecule has 1 aliphatic rings. The minimum absolute atomic E-state index is 0.230. The zero-order valence-electron chi connectivity index (χ0n) is 15.7. The zero-order chi connectivity index (χ0) is 18.9. The molecule has 2 N–H and O–H groups in total. The molecule has 0 atom stereocenters. The van der Waals surface area contributed by atoms with Crippen LogP contribution in [0.5, 0.6) is 0 Å². The highest BCUT2D eigenvalue weighted by Gasteiger charge is 2.56. The second-order valence-electron chi connectivity index (χ2n) is 7.25. The molecule has 0 aromatic heterocycles. The van der Waals surface area contributed by atoms with Gasteiger partial charge in [0.05, 0.1) is 0 Å². The third-order valence-electron chi connectivity index (χ3n) is 4.89. The van der Waals surface area contributed by atoms with Gasteiger partial charge in [-0.3, -0.25) is 9.59 Å². The van der Waals surface area contributed by atoms with Gasteiger partial charge in [-0.05, 0) is 62.6 Å². The van der Waals surface area contributed by atoms with Crippen LogP contribution < -0.4 is 15.5 Å². The van der Waals surface area contributed by atoms with Crippen molar-refractivity contribution in [2.24, 2.45) is 5.41 Å². The van der Waals surface area contributed by atoms with Gasteiger partial charge >= 0.3 is 0 Å². The summed E-state index contributed by atoms with van der Waals surface area (Å²) in [7, 11) is 3.92. The monoisotopic (exact) mass is 351 g/mol. The molecule has 0 bridgehead atoms. The van der Waals surface area contributed by atoms with Gasteiger partial charge in [0.1, 0.15) is 5.41 Å². The molecule has 0 saturated heterocycles. The number of nitrogens with zero attached hydrogens (tertiary/aromatic N) is 1. The zero-order valence-corrected chi connectivity index (χ0v) is 15.7. The van der Waals surface area contributed by atoms with Gasteiger partial charge in [-0.2, -0.15) is 0 Å². The van der Waals surface area contributed by atoms with E-state index >= 15 is 0 Å². The van der Waals surface area contributed by atoms with Crippen LogP contribution in [-0.2, 0) is 9.59 Å². The predicted molar refractivity (Wildman–Crippen MR) is 106 cm³/mol. The van der Waals surface area contributed by atoms with Crippen LogP contribution in [0, 0.1) is 19.3 Å². The molecule has 2 amide bonds. The third-order valence-corrected chi connectivity index (χ3v) is 4.89. The van der Waals surface area contributed by atoms with E-state index in [0.717, 1.165) is 22.5 Å². The molecule has 0 aliphatic heterocycles. The van der Waals surface area contributed by atoms with Crippen LogP contribution in [0.2, 0.25) is 0 Å². The Labute approximate surface area is 154 Å². The Hall–Kier alpha value is -2.82. The lowest BCUT2D eigenvalue weighted by atomic mass is 10.0. The topological polar surface area (TPSA) is 61.4 Å². The number of rotatable bonds is 5. The fourth-order valence-electron chi connectivity index (χ4n) is 2.97. The average molecular weight is 351 g/mol. The number of nitrogens with one attached hydrogen (secondary N) is 2. The number of anilines is 3. The summed E-state index contributed by atoms with van der Waals surface area (Å²) in [5, 5.41) is 5.81. The van der Waals surface area contributed by atoms with Crippen molar-refractivity contribution in [3.05, 3.63) is 53.6 Å². The fraction of sp³-hybridized carbons (Fsp3) is 0.333. The first kappa shape index (κ1) is 18.0. The summed E-state index contributed by atoms with van der Waals surface area (Å²) in [4.78, 5) is 27.4. The van der Waals surface area contributed by atoms with Crippen molar-refractivity contribution in [1.29, 1.82) is 0 Å². The van der Waals surface area contributed by atoms with Crippen LogP contribution in [0.4, 0.5) is 17.1 Å². The first-order chi connectivity index (χ1) is 12.3. The standard InChI is InChI=1S/C21H25N3O2/c1-14-5-10-18(15(2)13-14)23-20(26)21(11-12-21)19(25)22-16-6-8-17(9-7-16)24(3)4/h5-10,13H,11-12H2,1-4H3,(H,22,25)(H,23,26). The minimum Gasteiger partial charge on any atom is -0.378 e. The molecular weight excluding hydrogens is 326 g/mol. The van der Waals surface area contributed by atoms with Gasteiger partial charge in [0.15, 0.2) is 0 Å². The van der Waals surface area contributed by atoms with E-state index in [1.807, 2.05) is 75.3 Å². The van der Waals surface area contributed by atoms with E-state index in [4.69, 9.17) is 0 Å². The van der Waals surface area contributed by atoms with E-state index < -0.39 is 5.41 Å². The highest BCUT2D eigenvalue weighted by atomic mass is 16.2. The molecule has 26 heavy (non-hydrogen) atoms. The van der Waals surface area contributed by atoms with E-state index in [-0.39, 0.29) is 11.8 Å². The van der Waals surface area contributed by atoms with Crippen molar-refractivity contribution < 1.29 is 9.59 Å². The van der Waals surface area contributed by atoms with Crippen molar-refractivity contribution in [3.63, 3.8) is 0 Å². The first-order valence-corrected chi connectivity index (χ1v) is 8.79. The Morgan fingerprint density at radius 1 is 0.923 bits per heavy atom. The Morgan fingerprint density at radius 3 is 2.08 bits per heavy atom. The van der Waals surface area contributed by atoms with Crippen LogP contribution in [-0.4, -0.2) is 25.9 Å². The molecule has 2 aromatic rings. The van der Waals surface area contributed by atoms with Gasteiger partial charge < -0.3 is 15.5 Å². The molecule has 5 heteroatoms. The Balaban J connectivity index is 1.69. The Kier molecular flexibility index (Phi) is 4.72. The van der Waals surface area contributed by atoms with E-state index in [2.05, 4.69) is 10.6 Å². The van der Waals surface area contributed by atoms with E-state index in [9.17, 15) is 9.59 Å². The Morgan fingerprint density at radius 2 is 1.54 bits per heavy atom. The number of carbonyl (C=O) groups is 2. The van der Waals surface area contributed by atoms with Crippen molar-refractivity contribution >= 4 is 28.9 Å². The predicted octanol–water partition coefficient (Wildman–Crippen LogP) is 3.73. The van der Waals surface area contributed by atoms with Crippen molar-refractivity contribution in [1.82, 2.24) is 0 Å². The molecule has 1 saturated carbocycles. The lowest BCUT2D eigenvalue weighted by molar-refractivity contribution is -0.131. The molecular formula is C21H25N3O2. The second-order valence-corrected chi connectivity index (χ2v) is 7.25. The van der Waals surface area contributed by atoms with E-state index in [0.29, 0.717) is 18.5 Å². The highest BCUT2D eigenvalue weighted by molar-refractivity contribution is 6.17. The molecule has 0 heterocycles. The van der Waals surface area contributed by atoms with Crippen molar-refractivity contribution in [3.8, 4) is 0 Å². The molecule has 0 unspecified atom stereocenters. The van der Waals surface area contributed by atoms with Crippen molar-refractivity contribution in [2.45, 2.75) is 26.7 Å². The summed E-state index contributed by atoms with van der Waals surface area (Å²) < 4.78 is 0. The van der Waals surface area contributed by atoms with E-state index in [1.54, 1.807) is 0 Å². The lowest BCUT2D eigenvalue weighted by Gasteiger charge is -2.17. The SMILES string of the molecule is Cc1ccc(NC(=O)C2(C(=O)Nc3ccc(N(C)C)cc3)CC2)c(C)c1. The largest absolute Gasteiger partial charge is 0.378 e. The lowest BCUT2D eigenvalue weighted by Crippen LogP contribution is -2.35. The smallest absolute Gasteiger partial charge is 0.240 e. The third kappa shape index (κ3) is 3.57. The molecule has 1 aliphatic carbocycles. The average Bonchev–Trinajstić information content (AvgIpc) is 3.40. The van der Waals surface area contributed by atoms with Crippen LogP contribution in [0.15, 0.2) is 42.5 Å². The van der Waals surface area contributed by atoms with Crippen molar-refractivity contribution in [2.75, 3.05) is 29.6 Å². The van der Waals surface area contributed by atoms with Crippen LogP contribution in [0.1, 0.15) is 24.0 Å². The van der Waals surface area contributed by atoms with Gasteiger partial charge in [-0.25, -0.2) is 0 Å². The van der Waals surface area contributed by atoms with Crippen LogP contribution in [0.3, 0.4) is 0 Å². The normalized spacial score (nSPS) is 14.5. The number of hydrogen-bond donors (Lipinski definition) is 2. The molecule has 0 spiro atoms. The molecule has 3 rings (SSSR count). The van der Waals surface area contributed by atoms with Crippen LogP contribution in [0.25, 0.3) is 0 Å². The molecule has 0 radical (unpaired) electrons.